The van der Waals surface area contributed by atoms with Crippen LogP contribution >= 0.6 is 11.3 Å². The number of hydrogen-bond acceptors (Lipinski definition) is 5. The lowest BCUT2D eigenvalue weighted by molar-refractivity contribution is 0.0953. The molecule has 2 heterocycles. The van der Waals surface area contributed by atoms with Gasteiger partial charge in [-0.3, -0.25) is 4.79 Å². The zero-order valence-electron chi connectivity index (χ0n) is 11.9. The van der Waals surface area contributed by atoms with Crippen LogP contribution in [0.2, 0.25) is 0 Å². The second-order valence-electron chi connectivity index (χ2n) is 4.82. The Kier molecular flexibility index (Phi) is 3.79. The third-order valence-electron chi connectivity index (χ3n) is 3.33. The minimum absolute atomic E-state index is 0.113. The Balaban J connectivity index is 1.56. The molecule has 1 N–H and O–H groups in total. The largest absolute Gasteiger partial charge is 0.454 e. The van der Waals surface area contributed by atoms with Gasteiger partial charge in [0.05, 0.1) is 10.7 Å². The Labute approximate surface area is 126 Å². The normalized spacial score (nSPS) is 12.5. The van der Waals surface area contributed by atoms with Crippen LogP contribution in [0.25, 0.3) is 0 Å². The van der Waals surface area contributed by atoms with E-state index in [1.165, 1.54) is 4.88 Å². The monoisotopic (exact) mass is 304 g/mol. The number of carbonyl (C=O) groups excluding carboxylic acids is 1. The first-order valence-electron chi connectivity index (χ1n) is 6.74. The minimum atomic E-state index is -0.113. The van der Waals surface area contributed by atoms with Crippen molar-refractivity contribution in [2.24, 2.45) is 0 Å². The van der Waals surface area contributed by atoms with Crippen molar-refractivity contribution in [3.8, 4) is 11.5 Å². The number of aromatic nitrogens is 1. The van der Waals surface area contributed by atoms with Crippen LogP contribution in [0, 0.1) is 13.8 Å². The van der Waals surface area contributed by atoms with Crippen LogP contribution in [0.1, 0.15) is 25.9 Å². The summed E-state index contributed by atoms with van der Waals surface area (Å²) in [6, 6.07) is 5.20. The summed E-state index contributed by atoms with van der Waals surface area (Å²) in [4.78, 5) is 17.8. The number of hydrogen-bond donors (Lipinski definition) is 1. The molecular weight excluding hydrogens is 288 g/mol. The number of amides is 1. The van der Waals surface area contributed by atoms with Crippen molar-refractivity contribution < 1.29 is 14.3 Å². The van der Waals surface area contributed by atoms with Crippen LogP contribution in [0.3, 0.4) is 0 Å². The summed E-state index contributed by atoms with van der Waals surface area (Å²) in [6.45, 7) is 4.84. The Morgan fingerprint density at radius 3 is 2.90 bits per heavy atom. The molecule has 1 aliphatic heterocycles. The molecule has 0 saturated heterocycles. The predicted molar refractivity (Wildman–Crippen MR) is 80.2 cm³/mol. The van der Waals surface area contributed by atoms with Crippen molar-refractivity contribution in [3.63, 3.8) is 0 Å². The Bertz CT molecular complexity index is 662. The zero-order valence-corrected chi connectivity index (χ0v) is 12.8. The first-order valence-corrected chi connectivity index (χ1v) is 7.56. The molecule has 1 aliphatic rings. The zero-order chi connectivity index (χ0) is 14.8. The molecule has 1 amide bonds. The van der Waals surface area contributed by atoms with E-state index in [1.54, 1.807) is 29.5 Å². The SMILES string of the molecule is Cc1nc(CCNC(=O)c2ccc3c(c2)OCO3)sc1C. The molecule has 0 radical (unpaired) electrons. The molecule has 2 aromatic rings. The minimum Gasteiger partial charge on any atom is -0.454 e. The first kappa shape index (κ1) is 13.9. The van der Waals surface area contributed by atoms with Gasteiger partial charge < -0.3 is 14.8 Å². The van der Waals surface area contributed by atoms with Crippen LogP contribution in [0.4, 0.5) is 0 Å². The lowest BCUT2D eigenvalue weighted by atomic mass is 10.2. The third-order valence-corrected chi connectivity index (χ3v) is 4.46. The molecule has 21 heavy (non-hydrogen) atoms. The highest BCUT2D eigenvalue weighted by atomic mass is 32.1. The number of fused-ring (bicyclic) bond motifs is 1. The van der Waals surface area contributed by atoms with E-state index in [1.807, 2.05) is 6.92 Å². The summed E-state index contributed by atoms with van der Waals surface area (Å²) in [7, 11) is 0. The molecule has 0 spiro atoms. The molecule has 0 atom stereocenters. The fraction of sp³-hybridized carbons (Fsp3) is 0.333. The average Bonchev–Trinajstić information content (AvgIpc) is 3.05. The number of aryl methyl sites for hydroxylation is 2. The van der Waals surface area contributed by atoms with Gasteiger partial charge in [-0.2, -0.15) is 0 Å². The van der Waals surface area contributed by atoms with Crippen molar-refractivity contribution in [2.75, 3.05) is 13.3 Å². The van der Waals surface area contributed by atoms with E-state index < -0.39 is 0 Å². The van der Waals surface area contributed by atoms with Crippen molar-refractivity contribution in [1.82, 2.24) is 10.3 Å². The molecule has 0 saturated carbocycles. The lowest BCUT2D eigenvalue weighted by Gasteiger charge is -2.05. The van der Waals surface area contributed by atoms with Crippen LogP contribution in [0.5, 0.6) is 11.5 Å². The number of nitrogens with zero attached hydrogens (tertiary/aromatic N) is 1. The maximum Gasteiger partial charge on any atom is 0.251 e. The van der Waals surface area contributed by atoms with Gasteiger partial charge in [-0.25, -0.2) is 4.98 Å². The quantitative estimate of drug-likeness (QED) is 0.942. The molecular formula is C15H16N2O3S. The molecule has 110 valence electrons. The van der Waals surface area contributed by atoms with E-state index in [2.05, 4.69) is 17.2 Å². The number of carbonyl (C=O) groups is 1. The number of ether oxygens (including phenoxy) is 2. The molecule has 0 aliphatic carbocycles. The van der Waals surface area contributed by atoms with Crippen molar-refractivity contribution >= 4 is 17.2 Å². The fourth-order valence-corrected chi connectivity index (χ4v) is 3.00. The summed E-state index contributed by atoms with van der Waals surface area (Å²) in [5.74, 6) is 1.19. The number of benzene rings is 1. The summed E-state index contributed by atoms with van der Waals surface area (Å²) >= 11 is 1.68. The van der Waals surface area contributed by atoms with Gasteiger partial charge in [0.15, 0.2) is 11.5 Å². The van der Waals surface area contributed by atoms with Gasteiger partial charge in [-0.05, 0) is 32.0 Å². The standard InChI is InChI=1S/C15H16N2O3S/c1-9-10(2)21-14(17-9)5-6-16-15(18)11-3-4-12-13(7-11)20-8-19-12/h3-4,7H,5-6,8H2,1-2H3,(H,16,18). The van der Waals surface area contributed by atoms with Crippen molar-refractivity contribution in [1.29, 1.82) is 0 Å². The van der Waals surface area contributed by atoms with Crippen LogP contribution in [0.15, 0.2) is 18.2 Å². The van der Waals surface area contributed by atoms with Gasteiger partial charge >= 0.3 is 0 Å². The topological polar surface area (TPSA) is 60.5 Å². The highest BCUT2D eigenvalue weighted by Gasteiger charge is 2.16. The lowest BCUT2D eigenvalue weighted by Crippen LogP contribution is -2.25. The number of thiazole rings is 1. The van der Waals surface area contributed by atoms with Gasteiger partial charge in [-0.15, -0.1) is 11.3 Å². The van der Waals surface area contributed by atoms with Gasteiger partial charge in [0.25, 0.3) is 5.91 Å². The maximum absolute atomic E-state index is 12.1. The molecule has 1 aromatic carbocycles. The van der Waals surface area contributed by atoms with Crippen molar-refractivity contribution in [2.45, 2.75) is 20.3 Å². The smallest absolute Gasteiger partial charge is 0.251 e. The molecule has 6 heteroatoms. The van der Waals surface area contributed by atoms with E-state index in [0.717, 1.165) is 17.1 Å². The average molecular weight is 304 g/mol. The van der Waals surface area contributed by atoms with E-state index in [-0.39, 0.29) is 12.7 Å². The van der Waals surface area contributed by atoms with Gasteiger partial charge in [-0.1, -0.05) is 0 Å². The highest BCUT2D eigenvalue weighted by Crippen LogP contribution is 2.32. The third kappa shape index (κ3) is 3.00. The molecule has 0 unspecified atom stereocenters. The van der Waals surface area contributed by atoms with Crippen molar-refractivity contribution in [3.05, 3.63) is 39.3 Å². The van der Waals surface area contributed by atoms with Gasteiger partial charge in [0.1, 0.15) is 0 Å². The molecule has 1 aromatic heterocycles. The molecule has 0 fully saturated rings. The predicted octanol–water partition coefficient (Wildman–Crippen LogP) is 2.46. The van der Waals surface area contributed by atoms with Crippen LogP contribution in [-0.2, 0) is 6.42 Å². The van der Waals surface area contributed by atoms with E-state index in [0.29, 0.717) is 23.6 Å². The number of nitrogens with one attached hydrogen (secondary N) is 1. The fourth-order valence-electron chi connectivity index (χ4n) is 2.07. The maximum atomic E-state index is 12.1. The van der Waals surface area contributed by atoms with Crippen LogP contribution in [-0.4, -0.2) is 24.2 Å². The second-order valence-corrected chi connectivity index (χ2v) is 6.11. The first-order chi connectivity index (χ1) is 10.1. The van der Waals surface area contributed by atoms with E-state index in [9.17, 15) is 4.79 Å². The Morgan fingerprint density at radius 1 is 1.33 bits per heavy atom. The summed E-state index contributed by atoms with van der Waals surface area (Å²) in [5, 5.41) is 3.95. The van der Waals surface area contributed by atoms with E-state index >= 15 is 0 Å². The molecule has 3 rings (SSSR count). The second kappa shape index (κ2) is 5.73. The molecule has 0 bridgehead atoms. The Hall–Kier alpha value is -2.08. The van der Waals surface area contributed by atoms with Crippen LogP contribution < -0.4 is 14.8 Å². The summed E-state index contributed by atoms with van der Waals surface area (Å²) in [5.41, 5.74) is 1.64. The summed E-state index contributed by atoms with van der Waals surface area (Å²) in [6.07, 6.45) is 0.746. The van der Waals surface area contributed by atoms with Gasteiger partial charge in [0.2, 0.25) is 6.79 Å². The molecule has 5 nitrogen and oxygen atoms in total. The Morgan fingerprint density at radius 2 is 2.14 bits per heavy atom. The van der Waals surface area contributed by atoms with Gasteiger partial charge in [0, 0.05) is 23.4 Å². The number of rotatable bonds is 4. The highest BCUT2D eigenvalue weighted by molar-refractivity contribution is 7.11. The summed E-state index contributed by atoms with van der Waals surface area (Å²) < 4.78 is 10.5. The van der Waals surface area contributed by atoms with E-state index in [4.69, 9.17) is 9.47 Å².